The van der Waals surface area contributed by atoms with Crippen LogP contribution in [0.2, 0.25) is 0 Å². The minimum atomic E-state index is 0.752. The Balaban J connectivity index is 1.86. The highest BCUT2D eigenvalue weighted by Crippen LogP contribution is 2.32. The molecule has 124 valence electrons. The number of aryl methyl sites for hydroxylation is 3. The van der Waals surface area contributed by atoms with Crippen LogP contribution in [0.4, 0.5) is 11.5 Å². The van der Waals surface area contributed by atoms with E-state index >= 15 is 0 Å². The van der Waals surface area contributed by atoms with E-state index in [1.54, 1.807) is 11.3 Å². The standard InChI is InChI=1S/C21H19N3S/c1-13-9-14(2)11-17(10-13)22-20-18-12-15(3)25-21(18)24-19(23-20)16-7-5-4-6-8-16/h4-12H,1-3H3,(H,22,23,24). The number of benzene rings is 2. The fraction of sp³-hybridized carbons (Fsp3) is 0.143. The van der Waals surface area contributed by atoms with Gasteiger partial charge in [-0.15, -0.1) is 11.3 Å². The topological polar surface area (TPSA) is 37.8 Å². The zero-order valence-corrected chi connectivity index (χ0v) is 15.3. The van der Waals surface area contributed by atoms with Gasteiger partial charge in [0.2, 0.25) is 0 Å². The smallest absolute Gasteiger partial charge is 0.163 e. The quantitative estimate of drug-likeness (QED) is 0.493. The van der Waals surface area contributed by atoms with Crippen LogP contribution in [0.1, 0.15) is 16.0 Å². The average molecular weight is 345 g/mol. The zero-order chi connectivity index (χ0) is 17.4. The summed E-state index contributed by atoms with van der Waals surface area (Å²) in [5.41, 5.74) is 4.55. The lowest BCUT2D eigenvalue weighted by Crippen LogP contribution is -1.98. The van der Waals surface area contributed by atoms with E-state index in [0.717, 1.165) is 33.1 Å². The van der Waals surface area contributed by atoms with Crippen molar-refractivity contribution in [2.24, 2.45) is 0 Å². The van der Waals surface area contributed by atoms with Crippen LogP contribution in [0, 0.1) is 20.8 Å². The van der Waals surface area contributed by atoms with Crippen LogP contribution in [-0.4, -0.2) is 9.97 Å². The average Bonchev–Trinajstić information content (AvgIpc) is 2.95. The summed E-state index contributed by atoms with van der Waals surface area (Å²) in [5.74, 6) is 1.61. The van der Waals surface area contributed by atoms with Gasteiger partial charge >= 0.3 is 0 Å². The van der Waals surface area contributed by atoms with Crippen LogP contribution >= 0.6 is 11.3 Å². The first-order valence-corrected chi connectivity index (χ1v) is 9.09. The van der Waals surface area contributed by atoms with Gasteiger partial charge in [0, 0.05) is 16.1 Å². The molecule has 0 saturated carbocycles. The monoisotopic (exact) mass is 345 g/mol. The number of hydrogen-bond donors (Lipinski definition) is 1. The molecule has 3 nitrogen and oxygen atoms in total. The van der Waals surface area contributed by atoms with Gasteiger partial charge in [0.1, 0.15) is 10.6 Å². The van der Waals surface area contributed by atoms with Crippen LogP contribution < -0.4 is 5.32 Å². The molecule has 0 radical (unpaired) electrons. The number of nitrogens with one attached hydrogen (secondary N) is 1. The minimum absolute atomic E-state index is 0.752. The van der Waals surface area contributed by atoms with Gasteiger partial charge in [-0.2, -0.15) is 0 Å². The second-order valence-electron chi connectivity index (χ2n) is 6.34. The molecule has 2 aromatic heterocycles. The Morgan fingerprint density at radius 1 is 0.840 bits per heavy atom. The third-order valence-corrected chi connectivity index (χ3v) is 4.98. The van der Waals surface area contributed by atoms with Gasteiger partial charge in [0.15, 0.2) is 5.82 Å². The fourth-order valence-corrected chi connectivity index (χ4v) is 3.92. The Labute approximate surface area is 151 Å². The van der Waals surface area contributed by atoms with E-state index in [-0.39, 0.29) is 0 Å². The highest BCUT2D eigenvalue weighted by molar-refractivity contribution is 7.18. The minimum Gasteiger partial charge on any atom is -0.340 e. The van der Waals surface area contributed by atoms with E-state index in [1.165, 1.54) is 16.0 Å². The summed E-state index contributed by atoms with van der Waals surface area (Å²) < 4.78 is 0. The molecule has 0 aliphatic heterocycles. The molecule has 1 N–H and O–H groups in total. The molecule has 0 aliphatic carbocycles. The first-order chi connectivity index (χ1) is 12.1. The van der Waals surface area contributed by atoms with Gasteiger partial charge in [0.05, 0.1) is 5.39 Å². The molecule has 0 bridgehead atoms. The van der Waals surface area contributed by atoms with E-state index in [2.05, 4.69) is 50.4 Å². The predicted molar refractivity (Wildman–Crippen MR) is 107 cm³/mol. The third-order valence-electron chi connectivity index (χ3n) is 4.03. The van der Waals surface area contributed by atoms with Crippen LogP contribution in [0.15, 0.2) is 54.6 Å². The summed E-state index contributed by atoms with van der Waals surface area (Å²) in [6.07, 6.45) is 0. The summed E-state index contributed by atoms with van der Waals surface area (Å²) in [6, 6.07) is 18.7. The molecular weight excluding hydrogens is 326 g/mol. The summed E-state index contributed by atoms with van der Waals surface area (Å²) in [5, 5.41) is 4.58. The fourth-order valence-electron chi connectivity index (χ4n) is 3.04. The highest BCUT2D eigenvalue weighted by Gasteiger charge is 2.12. The van der Waals surface area contributed by atoms with E-state index in [0.29, 0.717) is 0 Å². The number of thiophene rings is 1. The van der Waals surface area contributed by atoms with Gasteiger partial charge in [0.25, 0.3) is 0 Å². The lowest BCUT2D eigenvalue weighted by Gasteiger charge is -2.10. The Morgan fingerprint density at radius 2 is 1.56 bits per heavy atom. The van der Waals surface area contributed by atoms with E-state index < -0.39 is 0 Å². The second kappa shape index (κ2) is 6.30. The second-order valence-corrected chi connectivity index (χ2v) is 7.57. The lowest BCUT2D eigenvalue weighted by molar-refractivity contribution is 1.23. The molecule has 0 amide bonds. The summed E-state index contributed by atoms with van der Waals surface area (Å²) in [4.78, 5) is 11.8. The van der Waals surface area contributed by atoms with Gasteiger partial charge < -0.3 is 5.32 Å². The maximum absolute atomic E-state index is 4.82. The van der Waals surface area contributed by atoms with Gasteiger partial charge in [-0.25, -0.2) is 9.97 Å². The van der Waals surface area contributed by atoms with Crippen molar-refractivity contribution >= 4 is 33.1 Å². The van der Waals surface area contributed by atoms with Crippen molar-refractivity contribution in [2.75, 3.05) is 5.32 Å². The Bertz CT molecular complexity index is 1030. The largest absolute Gasteiger partial charge is 0.340 e. The third kappa shape index (κ3) is 3.26. The molecule has 2 heterocycles. The first kappa shape index (κ1) is 15.8. The summed E-state index contributed by atoms with van der Waals surface area (Å²) in [6.45, 7) is 6.32. The first-order valence-electron chi connectivity index (χ1n) is 8.27. The molecule has 4 aromatic rings. The van der Waals surface area contributed by atoms with E-state index in [9.17, 15) is 0 Å². The maximum Gasteiger partial charge on any atom is 0.163 e. The van der Waals surface area contributed by atoms with Crippen molar-refractivity contribution in [3.05, 3.63) is 70.6 Å². The van der Waals surface area contributed by atoms with Crippen molar-refractivity contribution in [3.8, 4) is 11.4 Å². The van der Waals surface area contributed by atoms with E-state index in [1.807, 2.05) is 30.3 Å². The number of nitrogens with zero attached hydrogens (tertiary/aromatic N) is 2. The molecule has 4 rings (SSSR count). The number of fused-ring (bicyclic) bond motifs is 1. The SMILES string of the molecule is Cc1cc(C)cc(Nc2nc(-c3ccccc3)nc3sc(C)cc23)c1. The number of anilines is 2. The predicted octanol–water partition coefficient (Wildman–Crippen LogP) is 6.03. The molecule has 0 atom stereocenters. The van der Waals surface area contributed by atoms with Crippen LogP contribution in [0.3, 0.4) is 0 Å². The normalized spacial score (nSPS) is 11.0. The highest BCUT2D eigenvalue weighted by atomic mass is 32.1. The number of aromatic nitrogens is 2. The maximum atomic E-state index is 4.82. The summed E-state index contributed by atoms with van der Waals surface area (Å²) >= 11 is 1.70. The molecule has 0 saturated heterocycles. The van der Waals surface area contributed by atoms with Gasteiger partial charge in [-0.1, -0.05) is 36.4 Å². The Kier molecular flexibility index (Phi) is 3.98. The molecule has 0 aliphatic rings. The molecule has 4 heteroatoms. The molecular formula is C21H19N3S. The molecule has 0 spiro atoms. The van der Waals surface area contributed by atoms with Crippen molar-refractivity contribution in [2.45, 2.75) is 20.8 Å². The number of rotatable bonds is 3. The molecule has 25 heavy (non-hydrogen) atoms. The van der Waals surface area contributed by atoms with Crippen molar-refractivity contribution in [1.29, 1.82) is 0 Å². The van der Waals surface area contributed by atoms with Crippen molar-refractivity contribution in [3.63, 3.8) is 0 Å². The zero-order valence-electron chi connectivity index (χ0n) is 14.5. The van der Waals surface area contributed by atoms with Crippen LogP contribution in [-0.2, 0) is 0 Å². The molecule has 2 aromatic carbocycles. The van der Waals surface area contributed by atoms with E-state index in [4.69, 9.17) is 9.97 Å². The summed E-state index contributed by atoms with van der Waals surface area (Å²) in [7, 11) is 0. The Hall–Kier alpha value is -2.72. The number of hydrogen-bond acceptors (Lipinski definition) is 4. The van der Waals surface area contributed by atoms with Gasteiger partial charge in [-0.3, -0.25) is 0 Å². The molecule has 0 fully saturated rings. The Morgan fingerprint density at radius 3 is 2.28 bits per heavy atom. The lowest BCUT2D eigenvalue weighted by atomic mass is 10.1. The van der Waals surface area contributed by atoms with Crippen LogP contribution in [0.5, 0.6) is 0 Å². The van der Waals surface area contributed by atoms with Crippen molar-refractivity contribution in [1.82, 2.24) is 9.97 Å². The molecule has 0 unspecified atom stereocenters. The van der Waals surface area contributed by atoms with Crippen molar-refractivity contribution < 1.29 is 0 Å². The van der Waals surface area contributed by atoms with Gasteiger partial charge in [-0.05, 0) is 50.1 Å². The van der Waals surface area contributed by atoms with Crippen LogP contribution in [0.25, 0.3) is 21.6 Å².